The number of ether oxygens (including phenoxy) is 3. The monoisotopic (exact) mass is 516 g/mol. The van der Waals surface area contributed by atoms with Crippen LogP contribution in [0.2, 0.25) is 0 Å². The van der Waals surface area contributed by atoms with Gasteiger partial charge in [-0.1, -0.05) is 0 Å². The van der Waals surface area contributed by atoms with E-state index in [2.05, 4.69) is 14.5 Å². The van der Waals surface area contributed by atoms with E-state index in [0.717, 1.165) is 0 Å². The Bertz CT molecular complexity index is 719. The van der Waals surface area contributed by atoms with E-state index in [1.165, 1.54) is 0 Å². The smallest absolute Gasteiger partial charge is 0.407 e. The van der Waals surface area contributed by atoms with Crippen molar-refractivity contribution in [3.63, 3.8) is 0 Å². The molecule has 2 atom stereocenters. The number of carboxylic acids is 1. The second kappa shape index (κ2) is 18.2. The van der Waals surface area contributed by atoms with Crippen molar-refractivity contribution >= 4 is 18.0 Å². The van der Waals surface area contributed by atoms with Gasteiger partial charge in [-0.15, -0.1) is 30.3 Å². The molecule has 200 valence electrons. The number of amides is 1. The first-order chi connectivity index (χ1) is 16.5. The van der Waals surface area contributed by atoms with Crippen molar-refractivity contribution in [3.05, 3.63) is 30.3 Å². The molecule has 0 aliphatic carbocycles. The van der Waals surface area contributed by atoms with E-state index < -0.39 is 58.5 Å². The molecule has 0 aromatic heterocycles. The summed E-state index contributed by atoms with van der Waals surface area (Å²) in [5.41, 5.74) is 0. The summed E-state index contributed by atoms with van der Waals surface area (Å²) in [6, 6.07) is -1.59. The SMILES string of the molecule is O=C(O)CC(NC(=O)OCCOCCO[N+](=O)[O-])C(=O)OCCCCC(CO[N+](=O)[O-])O[N+](=O)[O-]. The molecule has 20 nitrogen and oxygen atoms in total. The van der Waals surface area contributed by atoms with E-state index in [1.54, 1.807) is 0 Å². The number of hydrogen-bond donors (Lipinski definition) is 2. The van der Waals surface area contributed by atoms with Gasteiger partial charge in [-0.25, -0.2) is 9.59 Å². The number of nitrogens with one attached hydrogen (secondary N) is 1. The highest BCUT2D eigenvalue weighted by Crippen LogP contribution is 2.07. The Morgan fingerprint density at radius 3 is 2.09 bits per heavy atom. The molecular weight excluding hydrogens is 492 g/mol. The Hall–Kier alpha value is -4.23. The summed E-state index contributed by atoms with van der Waals surface area (Å²) in [6.07, 6.45) is -2.95. The topological polar surface area (TPSA) is 268 Å². The molecule has 0 rings (SSSR count). The average molecular weight is 516 g/mol. The number of esters is 1. The molecular formula is C15H24N4O16. The minimum Gasteiger partial charge on any atom is -0.481 e. The van der Waals surface area contributed by atoms with E-state index in [-0.39, 0.29) is 52.3 Å². The fraction of sp³-hybridized carbons (Fsp3) is 0.800. The summed E-state index contributed by atoms with van der Waals surface area (Å²) < 4.78 is 14.5. The lowest BCUT2D eigenvalue weighted by Gasteiger charge is -2.16. The first-order valence-corrected chi connectivity index (χ1v) is 9.76. The number of alkyl carbamates (subject to hydrolysis) is 1. The molecule has 0 aromatic rings. The summed E-state index contributed by atoms with van der Waals surface area (Å²) >= 11 is 0. The normalized spacial score (nSPS) is 11.9. The number of aliphatic carboxylic acids is 1. The zero-order valence-electron chi connectivity index (χ0n) is 18.1. The van der Waals surface area contributed by atoms with Crippen molar-refractivity contribution in [2.24, 2.45) is 0 Å². The van der Waals surface area contributed by atoms with Crippen molar-refractivity contribution < 1.29 is 63.5 Å². The zero-order chi connectivity index (χ0) is 26.6. The maximum Gasteiger partial charge on any atom is 0.407 e. The summed E-state index contributed by atoms with van der Waals surface area (Å²) in [5, 5.41) is 38.1. The van der Waals surface area contributed by atoms with Gasteiger partial charge in [0.05, 0.1) is 26.2 Å². The van der Waals surface area contributed by atoms with Crippen molar-refractivity contribution in [3.8, 4) is 0 Å². The van der Waals surface area contributed by atoms with E-state index in [0.29, 0.717) is 0 Å². The van der Waals surface area contributed by atoms with Crippen LogP contribution in [0.3, 0.4) is 0 Å². The standard InChI is InChI=1S/C15H24N4O16/c20-13(21)9-12(16-15(23)32-7-5-30-6-8-33-17(24)25)14(22)31-4-2-1-3-11(35-19(28)29)10-34-18(26)27/h11-12H,1-10H2,(H,16,23)(H,20,21). The van der Waals surface area contributed by atoms with Gasteiger partial charge < -0.3 is 39.1 Å². The Balaban J connectivity index is 4.32. The van der Waals surface area contributed by atoms with Gasteiger partial charge in [0.25, 0.3) is 15.3 Å². The predicted molar refractivity (Wildman–Crippen MR) is 104 cm³/mol. The van der Waals surface area contributed by atoms with Crippen LogP contribution in [0.15, 0.2) is 0 Å². The molecule has 1 amide bonds. The third kappa shape index (κ3) is 19.0. The van der Waals surface area contributed by atoms with E-state index in [1.807, 2.05) is 5.32 Å². The fourth-order valence-electron chi connectivity index (χ4n) is 2.20. The Labute approximate surface area is 195 Å². The molecule has 0 fully saturated rings. The lowest BCUT2D eigenvalue weighted by Crippen LogP contribution is -2.43. The van der Waals surface area contributed by atoms with Crippen LogP contribution in [0.25, 0.3) is 0 Å². The second-order valence-corrected chi connectivity index (χ2v) is 6.23. The molecule has 2 N–H and O–H groups in total. The summed E-state index contributed by atoms with van der Waals surface area (Å²) in [7, 11) is 0. The van der Waals surface area contributed by atoms with E-state index >= 15 is 0 Å². The number of carbonyl (C=O) groups excluding carboxylic acids is 2. The second-order valence-electron chi connectivity index (χ2n) is 6.23. The van der Waals surface area contributed by atoms with Gasteiger partial charge in [0.1, 0.15) is 32.0 Å². The molecule has 0 heterocycles. The fourth-order valence-corrected chi connectivity index (χ4v) is 2.20. The average Bonchev–Trinajstić information content (AvgIpc) is 2.74. The van der Waals surface area contributed by atoms with Crippen LogP contribution in [0.4, 0.5) is 4.79 Å². The van der Waals surface area contributed by atoms with E-state index in [9.17, 15) is 44.7 Å². The first kappa shape index (κ1) is 30.8. The van der Waals surface area contributed by atoms with Crippen LogP contribution in [-0.4, -0.2) is 90.2 Å². The number of rotatable bonds is 21. The molecule has 2 unspecified atom stereocenters. The molecule has 35 heavy (non-hydrogen) atoms. The van der Waals surface area contributed by atoms with Gasteiger partial charge in [0.2, 0.25) is 0 Å². The van der Waals surface area contributed by atoms with Crippen molar-refractivity contribution in [1.29, 1.82) is 0 Å². The lowest BCUT2D eigenvalue weighted by molar-refractivity contribution is -0.790. The Kier molecular flexibility index (Phi) is 16.0. The zero-order valence-corrected chi connectivity index (χ0v) is 18.1. The molecule has 0 spiro atoms. The van der Waals surface area contributed by atoms with Crippen LogP contribution in [0.1, 0.15) is 25.7 Å². The molecule has 20 heteroatoms. The van der Waals surface area contributed by atoms with E-state index in [4.69, 9.17) is 19.3 Å². The molecule has 0 aliphatic rings. The number of carbonyl (C=O) groups is 3. The highest BCUT2D eigenvalue weighted by Gasteiger charge is 2.26. The Morgan fingerprint density at radius 1 is 0.829 bits per heavy atom. The van der Waals surface area contributed by atoms with Crippen LogP contribution in [-0.2, 0) is 38.3 Å². The van der Waals surface area contributed by atoms with Crippen molar-refractivity contribution in [2.75, 3.05) is 39.6 Å². The highest BCUT2D eigenvalue weighted by molar-refractivity contribution is 5.85. The van der Waals surface area contributed by atoms with Crippen molar-refractivity contribution in [2.45, 2.75) is 37.8 Å². The molecule has 0 saturated carbocycles. The number of carboxylic acid groups (broad SMARTS) is 1. The Morgan fingerprint density at radius 2 is 1.49 bits per heavy atom. The van der Waals surface area contributed by atoms with Gasteiger partial charge in [-0.2, -0.15) is 0 Å². The van der Waals surface area contributed by atoms with Crippen LogP contribution in [0.5, 0.6) is 0 Å². The number of nitrogens with zero attached hydrogens (tertiary/aromatic N) is 3. The van der Waals surface area contributed by atoms with Crippen molar-refractivity contribution in [1.82, 2.24) is 5.32 Å². The maximum atomic E-state index is 12.1. The van der Waals surface area contributed by atoms with Crippen LogP contribution < -0.4 is 5.32 Å². The number of unbranched alkanes of at least 4 members (excludes halogenated alkanes) is 1. The third-order valence-electron chi connectivity index (χ3n) is 3.61. The summed E-state index contributed by atoms with van der Waals surface area (Å²) in [6.45, 7) is -1.89. The van der Waals surface area contributed by atoms with Gasteiger partial charge in [0, 0.05) is 0 Å². The summed E-state index contributed by atoms with van der Waals surface area (Å²) in [5.74, 6) is -2.51. The van der Waals surface area contributed by atoms with Gasteiger partial charge in [0.15, 0.2) is 0 Å². The molecule has 0 bridgehead atoms. The maximum absolute atomic E-state index is 12.1. The van der Waals surface area contributed by atoms with Gasteiger partial charge >= 0.3 is 18.0 Å². The molecule has 0 aliphatic heterocycles. The minimum atomic E-state index is -1.59. The minimum absolute atomic E-state index is 0.0459. The summed E-state index contributed by atoms with van der Waals surface area (Å²) in [4.78, 5) is 77.5. The molecule has 0 saturated heterocycles. The largest absolute Gasteiger partial charge is 0.481 e. The van der Waals surface area contributed by atoms with Crippen LogP contribution in [0, 0.1) is 30.3 Å². The number of hydrogen-bond acceptors (Lipinski definition) is 15. The third-order valence-corrected chi connectivity index (χ3v) is 3.61. The predicted octanol–water partition coefficient (Wildman–Crippen LogP) is -0.720. The lowest BCUT2D eigenvalue weighted by atomic mass is 10.1. The van der Waals surface area contributed by atoms with Gasteiger partial charge in [-0.05, 0) is 19.3 Å². The van der Waals surface area contributed by atoms with Crippen LogP contribution >= 0.6 is 0 Å². The molecule has 0 radical (unpaired) electrons. The quantitative estimate of drug-likeness (QED) is 0.0824. The molecule has 0 aromatic carbocycles. The first-order valence-electron chi connectivity index (χ1n) is 9.76. The van der Waals surface area contributed by atoms with Gasteiger partial charge in [-0.3, -0.25) is 4.79 Å². The highest BCUT2D eigenvalue weighted by atomic mass is 17.0.